The topological polar surface area (TPSA) is 74.6 Å². The maximum absolute atomic E-state index is 11.3. The molecule has 0 unspecified atom stereocenters. The number of fused-ring (bicyclic) bond motifs is 1. The number of aromatic nitrogens is 1. The average molecular weight is 241 g/mol. The van der Waals surface area contributed by atoms with E-state index in [0.717, 1.165) is 17.4 Å². The zero-order chi connectivity index (χ0) is 12.5. The summed E-state index contributed by atoms with van der Waals surface area (Å²) in [6.45, 7) is 1.38. The molecule has 0 atom stereocenters. The van der Waals surface area contributed by atoms with E-state index in [-0.39, 0.29) is 5.56 Å². The Morgan fingerprint density at radius 1 is 1.33 bits per heavy atom. The van der Waals surface area contributed by atoms with Crippen LogP contribution in [0, 0.1) is 0 Å². The molecule has 3 rings (SSSR count). The van der Waals surface area contributed by atoms with Crippen LogP contribution in [0.25, 0.3) is 10.9 Å². The van der Waals surface area contributed by atoms with Crippen molar-refractivity contribution in [3.63, 3.8) is 0 Å². The highest BCUT2D eigenvalue weighted by Crippen LogP contribution is 2.17. The number of hydrogen-bond acceptors (Lipinski definition) is 4. The maximum atomic E-state index is 11.3. The van der Waals surface area contributed by atoms with E-state index in [2.05, 4.69) is 15.3 Å². The van der Waals surface area contributed by atoms with Crippen molar-refractivity contribution in [2.45, 2.75) is 0 Å². The smallest absolute Gasteiger partial charge is 0.338 e. The van der Waals surface area contributed by atoms with E-state index in [0.29, 0.717) is 18.1 Å². The Kier molecular flexibility index (Phi) is 2.44. The van der Waals surface area contributed by atoms with Gasteiger partial charge in [0, 0.05) is 11.9 Å². The first kappa shape index (κ1) is 10.7. The van der Waals surface area contributed by atoms with E-state index < -0.39 is 5.97 Å². The van der Waals surface area contributed by atoms with Crippen LogP contribution >= 0.6 is 0 Å². The molecule has 0 saturated carbocycles. The van der Waals surface area contributed by atoms with Gasteiger partial charge in [-0.3, -0.25) is 4.99 Å². The molecular weight excluding hydrogens is 230 g/mol. The summed E-state index contributed by atoms with van der Waals surface area (Å²) >= 11 is 0. The van der Waals surface area contributed by atoms with Gasteiger partial charge < -0.3 is 10.4 Å². The fourth-order valence-electron chi connectivity index (χ4n) is 2.02. The number of nitrogens with one attached hydrogen (secondary N) is 1. The molecule has 90 valence electrons. The lowest BCUT2D eigenvalue weighted by Crippen LogP contribution is -2.23. The molecule has 0 amide bonds. The number of benzene rings is 1. The summed E-state index contributed by atoms with van der Waals surface area (Å²) in [4.78, 5) is 19.9. The highest BCUT2D eigenvalue weighted by atomic mass is 16.4. The summed E-state index contributed by atoms with van der Waals surface area (Å²) in [6, 6.07) is 9.09. The number of carboxylic acid groups (broad SMARTS) is 1. The number of carbonyl (C=O) groups is 1. The number of hydrogen-bond donors (Lipinski definition) is 2. The van der Waals surface area contributed by atoms with Crippen molar-refractivity contribution in [3.8, 4) is 0 Å². The second kappa shape index (κ2) is 4.10. The van der Waals surface area contributed by atoms with Crippen molar-refractivity contribution < 1.29 is 9.90 Å². The number of aromatic carboxylic acids is 1. The van der Waals surface area contributed by atoms with Gasteiger partial charge in [-0.25, -0.2) is 9.78 Å². The summed E-state index contributed by atoms with van der Waals surface area (Å²) in [6.07, 6.45) is 0. The molecule has 2 aromatic rings. The van der Waals surface area contributed by atoms with Crippen LogP contribution < -0.4 is 5.32 Å². The van der Waals surface area contributed by atoms with Crippen LogP contribution in [0.2, 0.25) is 0 Å². The third-order valence-electron chi connectivity index (χ3n) is 2.85. The minimum atomic E-state index is -0.986. The first-order valence-corrected chi connectivity index (χ1v) is 5.67. The Labute approximate surface area is 103 Å². The second-order valence-electron chi connectivity index (χ2n) is 4.04. The standard InChI is InChI=1S/C13H11N3O2/c17-13(18)9-7-8-3-1-2-4-10(8)16-11(9)12-14-5-6-15-12/h1-4,7H,5-6H2,(H,14,15)(H,17,18). The van der Waals surface area contributed by atoms with Crippen molar-refractivity contribution in [2.24, 2.45) is 4.99 Å². The van der Waals surface area contributed by atoms with E-state index in [1.165, 1.54) is 0 Å². The number of aliphatic imine (C=N–C) groups is 1. The Hall–Kier alpha value is -2.43. The van der Waals surface area contributed by atoms with Crippen LogP contribution in [0.1, 0.15) is 16.1 Å². The molecule has 0 spiro atoms. The van der Waals surface area contributed by atoms with Gasteiger partial charge in [0.2, 0.25) is 0 Å². The number of amidine groups is 1. The van der Waals surface area contributed by atoms with Crippen LogP contribution in [0.4, 0.5) is 0 Å². The normalized spacial score (nSPS) is 14.3. The Morgan fingerprint density at radius 2 is 2.17 bits per heavy atom. The number of rotatable bonds is 2. The van der Waals surface area contributed by atoms with E-state index in [1.54, 1.807) is 6.07 Å². The Balaban J connectivity index is 2.27. The Bertz CT molecular complexity index is 664. The first-order chi connectivity index (χ1) is 8.75. The van der Waals surface area contributed by atoms with Crippen molar-refractivity contribution in [1.29, 1.82) is 0 Å². The first-order valence-electron chi connectivity index (χ1n) is 5.67. The fraction of sp³-hybridized carbons (Fsp3) is 0.154. The van der Waals surface area contributed by atoms with Crippen LogP contribution in [-0.2, 0) is 0 Å². The molecule has 1 aromatic carbocycles. The van der Waals surface area contributed by atoms with Crippen LogP contribution in [-0.4, -0.2) is 35.0 Å². The van der Waals surface area contributed by atoms with Crippen LogP contribution in [0.5, 0.6) is 0 Å². The number of pyridine rings is 1. The lowest BCUT2D eigenvalue weighted by atomic mass is 10.1. The summed E-state index contributed by atoms with van der Waals surface area (Å²) < 4.78 is 0. The molecule has 0 fully saturated rings. The summed E-state index contributed by atoms with van der Waals surface area (Å²) in [7, 11) is 0. The maximum Gasteiger partial charge on any atom is 0.338 e. The molecule has 0 saturated heterocycles. The third-order valence-corrected chi connectivity index (χ3v) is 2.85. The van der Waals surface area contributed by atoms with E-state index in [4.69, 9.17) is 0 Å². The van der Waals surface area contributed by atoms with Crippen LogP contribution in [0.3, 0.4) is 0 Å². The van der Waals surface area contributed by atoms with Gasteiger partial charge >= 0.3 is 5.97 Å². The number of para-hydroxylation sites is 1. The second-order valence-corrected chi connectivity index (χ2v) is 4.04. The quantitative estimate of drug-likeness (QED) is 0.830. The zero-order valence-electron chi connectivity index (χ0n) is 9.55. The number of nitrogens with zero attached hydrogens (tertiary/aromatic N) is 2. The molecular formula is C13H11N3O2. The van der Waals surface area contributed by atoms with Gasteiger partial charge in [-0.1, -0.05) is 18.2 Å². The Morgan fingerprint density at radius 3 is 2.89 bits per heavy atom. The van der Waals surface area contributed by atoms with E-state index in [9.17, 15) is 9.90 Å². The summed E-state index contributed by atoms with van der Waals surface area (Å²) in [5.74, 6) is -0.419. The third kappa shape index (κ3) is 1.69. The summed E-state index contributed by atoms with van der Waals surface area (Å²) in [5.41, 5.74) is 1.37. The molecule has 5 nitrogen and oxygen atoms in total. The molecule has 0 radical (unpaired) electrons. The van der Waals surface area contributed by atoms with Gasteiger partial charge in [-0.05, 0) is 12.1 Å². The molecule has 0 bridgehead atoms. The predicted molar refractivity (Wildman–Crippen MR) is 68.1 cm³/mol. The molecule has 1 aromatic heterocycles. The van der Waals surface area contributed by atoms with Crippen LogP contribution in [0.15, 0.2) is 35.3 Å². The van der Waals surface area contributed by atoms with E-state index >= 15 is 0 Å². The lowest BCUT2D eigenvalue weighted by Gasteiger charge is -2.07. The average Bonchev–Trinajstić information content (AvgIpc) is 2.91. The zero-order valence-corrected chi connectivity index (χ0v) is 9.55. The van der Waals surface area contributed by atoms with Gasteiger partial charge in [0.25, 0.3) is 0 Å². The van der Waals surface area contributed by atoms with Crippen molar-refractivity contribution >= 4 is 22.7 Å². The lowest BCUT2D eigenvalue weighted by molar-refractivity contribution is 0.0696. The van der Waals surface area contributed by atoms with Gasteiger partial charge in [-0.15, -0.1) is 0 Å². The molecule has 2 N–H and O–H groups in total. The van der Waals surface area contributed by atoms with Gasteiger partial charge in [-0.2, -0.15) is 0 Å². The van der Waals surface area contributed by atoms with Crippen molar-refractivity contribution in [3.05, 3.63) is 41.6 Å². The predicted octanol–water partition coefficient (Wildman–Crippen LogP) is 1.28. The SMILES string of the molecule is O=C(O)c1cc2ccccc2nc1C1=NCCN1. The van der Waals surface area contributed by atoms with Gasteiger partial charge in [0.1, 0.15) is 11.5 Å². The molecule has 1 aliphatic heterocycles. The van der Waals surface area contributed by atoms with Gasteiger partial charge in [0.15, 0.2) is 0 Å². The molecule has 18 heavy (non-hydrogen) atoms. The minimum Gasteiger partial charge on any atom is -0.478 e. The minimum absolute atomic E-state index is 0.182. The number of carboxylic acids is 1. The highest BCUT2D eigenvalue weighted by molar-refractivity contribution is 6.08. The molecule has 5 heteroatoms. The monoisotopic (exact) mass is 241 g/mol. The summed E-state index contributed by atoms with van der Waals surface area (Å²) in [5, 5.41) is 13.1. The van der Waals surface area contributed by atoms with Gasteiger partial charge in [0.05, 0.1) is 17.6 Å². The van der Waals surface area contributed by atoms with Crippen molar-refractivity contribution in [1.82, 2.24) is 10.3 Å². The molecule has 0 aliphatic carbocycles. The van der Waals surface area contributed by atoms with E-state index in [1.807, 2.05) is 24.3 Å². The largest absolute Gasteiger partial charge is 0.478 e. The molecule has 1 aliphatic rings. The van der Waals surface area contributed by atoms with Crippen molar-refractivity contribution in [2.75, 3.05) is 13.1 Å². The molecule has 2 heterocycles. The highest BCUT2D eigenvalue weighted by Gasteiger charge is 2.19. The fourth-order valence-corrected chi connectivity index (χ4v) is 2.02.